The normalized spacial score (nSPS) is 11.0. The Balaban J connectivity index is 1.63. The maximum Gasteiger partial charge on any atom is 0.264 e. The number of rotatable bonds is 7. The standard InChI is InChI=1S/C23H22ClN3O4S/c1-16(28)25-19-7-9-20(10-8-19)26-23(29)15-17-3-11-21(12-4-17)27(2)32(30,31)22-13-5-18(24)6-14-22/h3-14H,15H2,1-2H3,(H,25,28)(H,26,29). The fraction of sp³-hybridized carbons (Fsp3) is 0.130. The number of halogens is 1. The molecule has 0 saturated carbocycles. The maximum atomic E-state index is 12.8. The Bertz CT molecular complexity index is 1210. The zero-order valence-electron chi connectivity index (χ0n) is 17.5. The summed E-state index contributed by atoms with van der Waals surface area (Å²) >= 11 is 5.84. The van der Waals surface area contributed by atoms with Crippen LogP contribution in [-0.4, -0.2) is 27.3 Å². The van der Waals surface area contributed by atoms with Gasteiger partial charge in [0.2, 0.25) is 11.8 Å². The van der Waals surface area contributed by atoms with Crippen molar-refractivity contribution in [1.82, 2.24) is 0 Å². The summed E-state index contributed by atoms with van der Waals surface area (Å²) in [6.07, 6.45) is 0.126. The van der Waals surface area contributed by atoms with Gasteiger partial charge in [-0.05, 0) is 66.2 Å². The number of amides is 2. The highest BCUT2D eigenvalue weighted by Gasteiger charge is 2.21. The molecule has 0 atom stereocenters. The monoisotopic (exact) mass is 471 g/mol. The molecule has 9 heteroatoms. The molecule has 0 radical (unpaired) electrons. The lowest BCUT2D eigenvalue weighted by Gasteiger charge is -2.20. The Kier molecular flexibility index (Phi) is 7.17. The average Bonchev–Trinajstić information content (AvgIpc) is 2.75. The molecule has 0 aromatic heterocycles. The number of carbonyl (C=O) groups is 2. The zero-order chi connectivity index (χ0) is 23.3. The summed E-state index contributed by atoms with van der Waals surface area (Å²) in [5, 5.41) is 5.90. The van der Waals surface area contributed by atoms with Gasteiger partial charge in [0.1, 0.15) is 0 Å². The van der Waals surface area contributed by atoms with Gasteiger partial charge >= 0.3 is 0 Å². The number of hydrogen-bond acceptors (Lipinski definition) is 4. The molecule has 0 unspecified atom stereocenters. The van der Waals surface area contributed by atoms with Crippen LogP contribution in [0, 0.1) is 0 Å². The minimum absolute atomic E-state index is 0.126. The SMILES string of the molecule is CC(=O)Nc1ccc(NC(=O)Cc2ccc(N(C)S(=O)(=O)c3ccc(Cl)cc3)cc2)cc1. The summed E-state index contributed by atoms with van der Waals surface area (Å²) in [7, 11) is -2.26. The van der Waals surface area contributed by atoms with Gasteiger partial charge in [0.25, 0.3) is 10.0 Å². The van der Waals surface area contributed by atoms with Crippen molar-refractivity contribution in [2.24, 2.45) is 0 Å². The summed E-state index contributed by atoms with van der Waals surface area (Å²) < 4.78 is 26.8. The number of hydrogen-bond donors (Lipinski definition) is 2. The lowest BCUT2D eigenvalue weighted by Crippen LogP contribution is -2.26. The van der Waals surface area contributed by atoms with Crippen LogP contribution in [0.5, 0.6) is 0 Å². The van der Waals surface area contributed by atoms with Crippen LogP contribution in [-0.2, 0) is 26.0 Å². The Morgan fingerprint density at radius 3 is 1.91 bits per heavy atom. The minimum atomic E-state index is -3.73. The van der Waals surface area contributed by atoms with Gasteiger partial charge in [-0.3, -0.25) is 13.9 Å². The van der Waals surface area contributed by atoms with Gasteiger partial charge in [-0.1, -0.05) is 23.7 Å². The molecule has 0 aliphatic carbocycles. The second-order valence-electron chi connectivity index (χ2n) is 7.08. The summed E-state index contributed by atoms with van der Waals surface area (Å²) in [5.41, 5.74) is 2.45. The van der Waals surface area contributed by atoms with Gasteiger partial charge in [0.15, 0.2) is 0 Å². The number of nitrogens with one attached hydrogen (secondary N) is 2. The molecular weight excluding hydrogens is 450 g/mol. The molecule has 2 amide bonds. The predicted molar refractivity (Wildman–Crippen MR) is 127 cm³/mol. The zero-order valence-corrected chi connectivity index (χ0v) is 19.1. The van der Waals surface area contributed by atoms with Crippen LogP contribution in [0.1, 0.15) is 12.5 Å². The van der Waals surface area contributed by atoms with E-state index >= 15 is 0 Å². The Labute approximate surface area is 192 Å². The number of sulfonamides is 1. The summed E-state index contributed by atoms with van der Waals surface area (Å²) in [4.78, 5) is 23.5. The van der Waals surface area contributed by atoms with Gasteiger partial charge in [-0.25, -0.2) is 8.42 Å². The molecule has 0 heterocycles. The van der Waals surface area contributed by atoms with E-state index in [0.717, 1.165) is 5.56 Å². The summed E-state index contributed by atoms with van der Waals surface area (Å²) in [5.74, 6) is -0.385. The lowest BCUT2D eigenvalue weighted by atomic mass is 10.1. The van der Waals surface area contributed by atoms with E-state index < -0.39 is 10.0 Å². The molecule has 32 heavy (non-hydrogen) atoms. The first kappa shape index (κ1) is 23.3. The first-order valence-corrected chi connectivity index (χ1v) is 11.5. The minimum Gasteiger partial charge on any atom is -0.326 e. The highest BCUT2D eigenvalue weighted by atomic mass is 35.5. The van der Waals surface area contributed by atoms with Crippen molar-refractivity contribution >= 4 is 50.5 Å². The van der Waals surface area contributed by atoms with Crippen molar-refractivity contribution in [2.45, 2.75) is 18.2 Å². The Hall–Kier alpha value is -3.36. The maximum absolute atomic E-state index is 12.8. The third-order valence-electron chi connectivity index (χ3n) is 4.63. The van der Waals surface area contributed by atoms with Crippen molar-refractivity contribution in [1.29, 1.82) is 0 Å². The molecule has 0 aliphatic rings. The predicted octanol–water partition coefficient (Wildman–Crippen LogP) is 4.30. The summed E-state index contributed by atoms with van der Waals surface area (Å²) in [6, 6.07) is 19.5. The topological polar surface area (TPSA) is 95.6 Å². The molecule has 0 aliphatic heterocycles. The van der Waals surface area contributed by atoms with Crippen LogP contribution in [0.15, 0.2) is 77.7 Å². The molecule has 7 nitrogen and oxygen atoms in total. The van der Waals surface area contributed by atoms with Crippen molar-refractivity contribution in [2.75, 3.05) is 22.0 Å². The molecule has 2 N–H and O–H groups in total. The van der Waals surface area contributed by atoms with Crippen LogP contribution >= 0.6 is 11.6 Å². The van der Waals surface area contributed by atoms with E-state index in [4.69, 9.17) is 11.6 Å². The second kappa shape index (κ2) is 9.84. The second-order valence-corrected chi connectivity index (χ2v) is 9.48. The third kappa shape index (κ3) is 5.87. The van der Waals surface area contributed by atoms with E-state index in [1.165, 1.54) is 42.5 Å². The van der Waals surface area contributed by atoms with E-state index in [1.807, 2.05) is 0 Å². The van der Waals surface area contributed by atoms with E-state index in [2.05, 4.69) is 10.6 Å². The van der Waals surface area contributed by atoms with Crippen LogP contribution in [0.3, 0.4) is 0 Å². The number of carbonyl (C=O) groups excluding carboxylic acids is 2. The van der Waals surface area contributed by atoms with E-state index in [0.29, 0.717) is 22.1 Å². The van der Waals surface area contributed by atoms with E-state index in [-0.39, 0.29) is 23.1 Å². The quantitative estimate of drug-likeness (QED) is 0.536. The van der Waals surface area contributed by atoms with Gasteiger partial charge in [0, 0.05) is 30.4 Å². The molecular formula is C23H22ClN3O4S. The molecule has 0 spiro atoms. The lowest BCUT2D eigenvalue weighted by molar-refractivity contribution is -0.116. The third-order valence-corrected chi connectivity index (χ3v) is 6.68. The molecule has 166 valence electrons. The fourth-order valence-electron chi connectivity index (χ4n) is 2.96. The van der Waals surface area contributed by atoms with Crippen molar-refractivity contribution in [3.05, 3.63) is 83.4 Å². The van der Waals surface area contributed by atoms with Crippen LogP contribution in [0.4, 0.5) is 17.1 Å². The van der Waals surface area contributed by atoms with Crippen molar-refractivity contribution < 1.29 is 18.0 Å². The Morgan fingerprint density at radius 2 is 1.38 bits per heavy atom. The smallest absolute Gasteiger partial charge is 0.264 e. The first-order valence-electron chi connectivity index (χ1n) is 9.66. The molecule has 3 rings (SSSR count). The van der Waals surface area contributed by atoms with Crippen LogP contribution in [0.2, 0.25) is 5.02 Å². The molecule has 0 saturated heterocycles. The van der Waals surface area contributed by atoms with Crippen molar-refractivity contribution in [3.63, 3.8) is 0 Å². The van der Waals surface area contributed by atoms with Crippen LogP contribution < -0.4 is 14.9 Å². The fourth-order valence-corrected chi connectivity index (χ4v) is 4.28. The highest BCUT2D eigenvalue weighted by Crippen LogP contribution is 2.24. The van der Waals surface area contributed by atoms with Gasteiger partial charge in [-0.2, -0.15) is 0 Å². The molecule has 0 fully saturated rings. The number of anilines is 3. The van der Waals surface area contributed by atoms with Gasteiger partial charge < -0.3 is 10.6 Å². The number of nitrogens with zero attached hydrogens (tertiary/aromatic N) is 1. The van der Waals surface area contributed by atoms with Gasteiger partial charge in [-0.15, -0.1) is 0 Å². The summed E-state index contributed by atoms with van der Waals surface area (Å²) in [6.45, 7) is 1.42. The van der Waals surface area contributed by atoms with Crippen LogP contribution in [0.25, 0.3) is 0 Å². The molecule has 3 aromatic carbocycles. The Morgan fingerprint density at radius 1 is 0.844 bits per heavy atom. The van der Waals surface area contributed by atoms with E-state index in [9.17, 15) is 18.0 Å². The molecule has 0 bridgehead atoms. The largest absolute Gasteiger partial charge is 0.326 e. The van der Waals surface area contributed by atoms with E-state index in [1.54, 1.807) is 48.5 Å². The molecule has 3 aromatic rings. The highest BCUT2D eigenvalue weighted by molar-refractivity contribution is 7.92. The average molecular weight is 472 g/mol. The van der Waals surface area contributed by atoms with Crippen molar-refractivity contribution in [3.8, 4) is 0 Å². The number of benzene rings is 3. The first-order chi connectivity index (χ1) is 15.1. The van der Waals surface area contributed by atoms with Gasteiger partial charge in [0.05, 0.1) is 17.0 Å².